The number of carbonyl (C=O) groups excluding carboxylic acids is 1. The van der Waals surface area contributed by atoms with Crippen LogP contribution in [0, 0.1) is 0 Å². The summed E-state index contributed by atoms with van der Waals surface area (Å²) in [6.07, 6.45) is 0. The van der Waals surface area contributed by atoms with E-state index in [2.05, 4.69) is 27.3 Å². The van der Waals surface area contributed by atoms with Crippen LogP contribution in [0.1, 0.15) is 16.1 Å². The Kier molecular flexibility index (Phi) is 5.67. The molecule has 29 heavy (non-hydrogen) atoms. The molecule has 2 heterocycles. The van der Waals surface area contributed by atoms with Crippen LogP contribution in [0.5, 0.6) is 5.88 Å². The topological polar surface area (TPSA) is 63.5 Å². The van der Waals surface area contributed by atoms with Gasteiger partial charge in [-0.05, 0) is 23.8 Å². The van der Waals surface area contributed by atoms with E-state index in [1.165, 1.54) is 12.8 Å². The lowest BCUT2D eigenvalue weighted by Crippen LogP contribution is -2.49. The van der Waals surface area contributed by atoms with E-state index in [1.54, 1.807) is 9.58 Å². The number of amides is 1. The summed E-state index contributed by atoms with van der Waals surface area (Å²) in [4.78, 5) is 17.1. The molecule has 1 aliphatic heterocycles. The molecule has 7 nitrogen and oxygen atoms in total. The molecule has 0 unspecified atom stereocenters. The highest BCUT2D eigenvalue weighted by Crippen LogP contribution is 2.23. The molecule has 8 heteroatoms. The van der Waals surface area contributed by atoms with E-state index in [4.69, 9.17) is 16.3 Å². The third kappa shape index (κ3) is 4.05. The largest absolute Gasteiger partial charge is 0.479 e. The Morgan fingerprint density at radius 3 is 2.41 bits per heavy atom. The molecule has 0 spiro atoms. The molecule has 1 fully saturated rings. The minimum Gasteiger partial charge on any atom is -0.479 e. The third-order valence-electron chi connectivity index (χ3n) is 5.05. The van der Waals surface area contributed by atoms with Crippen molar-refractivity contribution >= 4 is 23.2 Å². The maximum atomic E-state index is 13.0. The van der Waals surface area contributed by atoms with E-state index in [-0.39, 0.29) is 11.6 Å². The normalized spacial score (nSPS) is 14.1. The lowest BCUT2D eigenvalue weighted by Gasteiger charge is -2.35. The Balaban J connectivity index is 1.47. The van der Waals surface area contributed by atoms with E-state index < -0.39 is 0 Å². The second kappa shape index (κ2) is 8.53. The number of benzene rings is 2. The number of rotatable bonds is 5. The summed E-state index contributed by atoms with van der Waals surface area (Å²) in [6, 6.07) is 17.7. The Morgan fingerprint density at radius 1 is 1.03 bits per heavy atom. The molecule has 0 radical (unpaired) electrons. The predicted octanol–water partition coefficient (Wildman–Crippen LogP) is 2.95. The minimum absolute atomic E-state index is 0.167. The zero-order valence-corrected chi connectivity index (χ0v) is 16.9. The number of halogens is 1. The van der Waals surface area contributed by atoms with Gasteiger partial charge in [0.05, 0.1) is 13.7 Å². The Bertz CT molecular complexity index is 984. The summed E-state index contributed by atoms with van der Waals surface area (Å²) in [5, 5.41) is 8.87. The van der Waals surface area contributed by atoms with Gasteiger partial charge in [0.1, 0.15) is 0 Å². The van der Waals surface area contributed by atoms with E-state index in [1.807, 2.05) is 42.5 Å². The second-order valence-electron chi connectivity index (χ2n) is 6.81. The number of anilines is 1. The lowest BCUT2D eigenvalue weighted by molar-refractivity contribution is 0.0737. The van der Waals surface area contributed by atoms with Gasteiger partial charge in [-0.1, -0.05) is 53.2 Å². The second-order valence-corrected chi connectivity index (χ2v) is 7.22. The van der Waals surface area contributed by atoms with E-state index in [0.717, 1.165) is 18.7 Å². The summed E-state index contributed by atoms with van der Waals surface area (Å²) >= 11 is 6.24. The average Bonchev–Trinajstić information content (AvgIpc) is 3.18. The summed E-state index contributed by atoms with van der Waals surface area (Å²) in [5.41, 5.74) is 2.28. The monoisotopic (exact) mass is 411 g/mol. The molecule has 1 saturated heterocycles. The van der Waals surface area contributed by atoms with E-state index in [0.29, 0.717) is 30.5 Å². The Labute approximate surface area is 174 Å². The molecule has 1 amide bonds. The van der Waals surface area contributed by atoms with E-state index >= 15 is 0 Å². The SMILES string of the molecule is COc1c(C(=O)N2CCN(c3ccccc3)CC2)nnn1Cc1ccccc1Cl. The number of hydrogen-bond acceptors (Lipinski definition) is 5. The van der Waals surface area contributed by atoms with Crippen LogP contribution in [0.15, 0.2) is 54.6 Å². The molecule has 0 bridgehead atoms. The van der Waals surface area contributed by atoms with Gasteiger partial charge in [0, 0.05) is 36.9 Å². The van der Waals surface area contributed by atoms with Gasteiger partial charge < -0.3 is 14.5 Å². The minimum atomic E-state index is -0.167. The first-order chi connectivity index (χ1) is 14.2. The molecule has 150 valence electrons. The van der Waals surface area contributed by atoms with Gasteiger partial charge in [0.25, 0.3) is 5.91 Å². The molecule has 0 atom stereocenters. The van der Waals surface area contributed by atoms with Crippen LogP contribution < -0.4 is 9.64 Å². The highest BCUT2D eigenvalue weighted by atomic mass is 35.5. The number of aromatic nitrogens is 3. The van der Waals surface area contributed by atoms with Gasteiger partial charge in [0.15, 0.2) is 0 Å². The fourth-order valence-corrected chi connectivity index (χ4v) is 3.68. The van der Waals surface area contributed by atoms with Gasteiger partial charge in [-0.2, -0.15) is 0 Å². The number of hydrogen-bond donors (Lipinski definition) is 0. The molecular weight excluding hydrogens is 390 g/mol. The van der Waals surface area contributed by atoms with Crippen LogP contribution >= 0.6 is 11.6 Å². The highest BCUT2D eigenvalue weighted by Gasteiger charge is 2.28. The maximum Gasteiger partial charge on any atom is 0.280 e. The molecule has 0 N–H and O–H groups in total. The summed E-state index contributed by atoms with van der Waals surface area (Å²) in [6.45, 7) is 3.16. The van der Waals surface area contributed by atoms with Crippen LogP contribution in [-0.2, 0) is 6.54 Å². The quantitative estimate of drug-likeness (QED) is 0.646. The van der Waals surface area contributed by atoms with Crippen molar-refractivity contribution in [3.05, 3.63) is 70.9 Å². The van der Waals surface area contributed by atoms with Gasteiger partial charge in [-0.15, -0.1) is 5.10 Å². The van der Waals surface area contributed by atoms with Crippen molar-refractivity contribution in [2.75, 3.05) is 38.2 Å². The van der Waals surface area contributed by atoms with E-state index in [9.17, 15) is 4.79 Å². The number of para-hydroxylation sites is 1. The van der Waals surface area contributed by atoms with Crippen LogP contribution in [0.25, 0.3) is 0 Å². The Morgan fingerprint density at radius 2 is 1.72 bits per heavy atom. The van der Waals surface area contributed by atoms with Crippen molar-refractivity contribution in [3.8, 4) is 5.88 Å². The van der Waals surface area contributed by atoms with Crippen LogP contribution in [-0.4, -0.2) is 59.1 Å². The summed E-state index contributed by atoms with van der Waals surface area (Å²) in [5.74, 6) is 0.181. The highest BCUT2D eigenvalue weighted by molar-refractivity contribution is 6.31. The fraction of sp³-hybridized carbons (Fsp3) is 0.286. The number of carbonyl (C=O) groups is 1. The zero-order chi connectivity index (χ0) is 20.2. The van der Waals surface area contributed by atoms with Crippen molar-refractivity contribution in [2.24, 2.45) is 0 Å². The van der Waals surface area contributed by atoms with Gasteiger partial charge in [-0.3, -0.25) is 4.79 Å². The van der Waals surface area contributed by atoms with Crippen molar-refractivity contribution in [1.82, 2.24) is 19.9 Å². The van der Waals surface area contributed by atoms with Gasteiger partial charge in [0.2, 0.25) is 11.6 Å². The first kappa shape index (κ1) is 19.3. The molecule has 2 aromatic carbocycles. The lowest BCUT2D eigenvalue weighted by atomic mass is 10.2. The maximum absolute atomic E-state index is 13.0. The fourth-order valence-electron chi connectivity index (χ4n) is 3.49. The molecule has 0 aliphatic carbocycles. The molecule has 1 aromatic heterocycles. The van der Waals surface area contributed by atoms with Gasteiger partial charge >= 0.3 is 0 Å². The summed E-state index contributed by atoms with van der Waals surface area (Å²) < 4.78 is 7.03. The number of piperazine rings is 1. The van der Waals surface area contributed by atoms with Crippen molar-refractivity contribution < 1.29 is 9.53 Å². The van der Waals surface area contributed by atoms with Crippen LogP contribution in [0.3, 0.4) is 0 Å². The van der Waals surface area contributed by atoms with Crippen LogP contribution in [0.2, 0.25) is 5.02 Å². The average molecular weight is 412 g/mol. The van der Waals surface area contributed by atoms with Crippen molar-refractivity contribution in [3.63, 3.8) is 0 Å². The van der Waals surface area contributed by atoms with Crippen molar-refractivity contribution in [2.45, 2.75) is 6.54 Å². The standard InChI is InChI=1S/C21H22ClN5O2/c1-29-21-19(23-24-27(21)15-16-7-5-6-10-18(16)22)20(28)26-13-11-25(12-14-26)17-8-3-2-4-9-17/h2-10H,11-15H2,1H3. The molecule has 3 aromatic rings. The zero-order valence-electron chi connectivity index (χ0n) is 16.2. The number of nitrogens with zero attached hydrogens (tertiary/aromatic N) is 5. The predicted molar refractivity (Wildman–Crippen MR) is 112 cm³/mol. The first-order valence-corrected chi connectivity index (χ1v) is 9.85. The molecular formula is C21H22ClN5O2. The molecule has 4 rings (SSSR count). The van der Waals surface area contributed by atoms with Crippen LogP contribution in [0.4, 0.5) is 5.69 Å². The first-order valence-electron chi connectivity index (χ1n) is 9.47. The smallest absolute Gasteiger partial charge is 0.280 e. The third-order valence-corrected chi connectivity index (χ3v) is 5.42. The molecule has 1 aliphatic rings. The molecule has 0 saturated carbocycles. The Hall–Kier alpha value is -3.06. The number of methoxy groups -OCH3 is 1. The van der Waals surface area contributed by atoms with Gasteiger partial charge in [-0.25, -0.2) is 4.68 Å². The number of ether oxygens (including phenoxy) is 1. The summed E-state index contributed by atoms with van der Waals surface area (Å²) in [7, 11) is 1.52. The van der Waals surface area contributed by atoms with Crippen molar-refractivity contribution in [1.29, 1.82) is 0 Å².